The van der Waals surface area contributed by atoms with Gasteiger partial charge in [-0.2, -0.15) is 0 Å². The van der Waals surface area contributed by atoms with Crippen LogP contribution in [0.15, 0.2) is 47.4 Å². The van der Waals surface area contributed by atoms with Crippen LogP contribution >= 0.6 is 11.8 Å². The summed E-state index contributed by atoms with van der Waals surface area (Å²) < 4.78 is 4.90. The normalized spacial score (nSPS) is 10.2. The number of rotatable bonds is 6. The number of carbonyl (C=O) groups is 3. The van der Waals surface area contributed by atoms with Crippen molar-refractivity contribution in [3.8, 4) is 0 Å². The van der Waals surface area contributed by atoms with Crippen LogP contribution < -0.4 is 10.6 Å². The number of carbonyl (C=O) groups excluding carboxylic acids is 3. The number of thioether (sulfide) groups is 1. The van der Waals surface area contributed by atoms with Crippen molar-refractivity contribution < 1.29 is 19.1 Å². The molecule has 0 aliphatic carbocycles. The lowest BCUT2D eigenvalue weighted by Gasteiger charge is -2.10. The van der Waals surface area contributed by atoms with Gasteiger partial charge in [0, 0.05) is 10.6 Å². The molecular weight excluding hydrogens is 364 g/mol. The standard InChI is InChI=1S/C20H22N2O4S/c1-13-8-9-16(15(3)10-13)21-20(25)22-18(23)11-26-19(24)12-27-17-7-5-4-6-14(17)2/h4-10H,11-12H2,1-3H3,(H2,21,22,23,25). The Morgan fingerprint density at radius 3 is 2.44 bits per heavy atom. The van der Waals surface area contributed by atoms with E-state index in [4.69, 9.17) is 4.74 Å². The molecule has 0 aliphatic rings. The van der Waals surface area contributed by atoms with Crippen LogP contribution in [0.2, 0.25) is 0 Å². The minimum Gasteiger partial charge on any atom is -0.455 e. The topological polar surface area (TPSA) is 84.5 Å². The van der Waals surface area contributed by atoms with E-state index in [9.17, 15) is 14.4 Å². The van der Waals surface area contributed by atoms with Gasteiger partial charge in [-0.3, -0.25) is 14.9 Å². The number of hydrogen-bond donors (Lipinski definition) is 2. The maximum atomic E-state index is 11.9. The minimum atomic E-state index is -0.688. The lowest BCUT2D eigenvalue weighted by Crippen LogP contribution is -2.37. The van der Waals surface area contributed by atoms with Crippen molar-refractivity contribution in [1.82, 2.24) is 5.32 Å². The number of esters is 1. The molecule has 0 heterocycles. The Kier molecular flexibility index (Phi) is 7.43. The molecule has 0 bridgehead atoms. The Bertz CT molecular complexity index is 852. The molecule has 0 aliphatic heterocycles. The highest BCUT2D eigenvalue weighted by molar-refractivity contribution is 8.00. The van der Waals surface area contributed by atoms with Crippen LogP contribution in [0, 0.1) is 20.8 Å². The number of amides is 3. The van der Waals surface area contributed by atoms with E-state index in [2.05, 4.69) is 10.6 Å². The Morgan fingerprint density at radius 2 is 1.74 bits per heavy atom. The van der Waals surface area contributed by atoms with Crippen LogP contribution in [0.3, 0.4) is 0 Å². The van der Waals surface area contributed by atoms with Gasteiger partial charge in [-0.15, -0.1) is 11.8 Å². The summed E-state index contributed by atoms with van der Waals surface area (Å²) in [5.41, 5.74) is 3.64. The summed E-state index contributed by atoms with van der Waals surface area (Å²) in [6, 6.07) is 12.6. The molecule has 0 unspecified atom stereocenters. The molecular formula is C20H22N2O4S. The summed E-state index contributed by atoms with van der Waals surface area (Å²) >= 11 is 1.34. The Labute approximate surface area is 162 Å². The number of aryl methyl sites for hydroxylation is 3. The van der Waals surface area contributed by atoms with E-state index in [-0.39, 0.29) is 5.75 Å². The molecule has 2 aromatic rings. The number of urea groups is 1. The number of ether oxygens (including phenoxy) is 1. The van der Waals surface area contributed by atoms with Gasteiger partial charge in [0.25, 0.3) is 5.91 Å². The number of benzene rings is 2. The zero-order chi connectivity index (χ0) is 19.8. The molecule has 0 fully saturated rings. The van der Waals surface area contributed by atoms with Gasteiger partial charge in [-0.25, -0.2) is 4.79 Å². The van der Waals surface area contributed by atoms with E-state index in [1.165, 1.54) is 11.8 Å². The van der Waals surface area contributed by atoms with Gasteiger partial charge in [0.05, 0.1) is 5.75 Å². The Balaban J connectivity index is 1.72. The second-order valence-electron chi connectivity index (χ2n) is 6.04. The first kappa shape index (κ1) is 20.5. The summed E-state index contributed by atoms with van der Waals surface area (Å²) in [7, 11) is 0. The average molecular weight is 386 g/mol. The Hall–Kier alpha value is -2.80. The first-order valence-electron chi connectivity index (χ1n) is 8.37. The third-order valence-electron chi connectivity index (χ3n) is 3.69. The van der Waals surface area contributed by atoms with Crippen LogP contribution in [0.5, 0.6) is 0 Å². The monoisotopic (exact) mass is 386 g/mol. The average Bonchev–Trinajstić information content (AvgIpc) is 2.61. The lowest BCUT2D eigenvalue weighted by atomic mass is 10.1. The predicted molar refractivity (Wildman–Crippen MR) is 106 cm³/mol. The third kappa shape index (κ3) is 6.79. The second kappa shape index (κ2) is 9.78. The van der Waals surface area contributed by atoms with Crippen LogP contribution in [0.4, 0.5) is 10.5 Å². The summed E-state index contributed by atoms with van der Waals surface area (Å²) in [6.07, 6.45) is 0. The molecule has 0 atom stereocenters. The number of hydrogen-bond acceptors (Lipinski definition) is 5. The molecule has 0 aromatic heterocycles. The van der Waals surface area contributed by atoms with Crippen LogP contribution in [-0.2, 0) is 14.3 Å². The van der Waals surface area contributed by atoms with Crippen molar-refractivity contribution >= 4 is 35.4 Å². The fourth-order valence-electron chi connectivity index (χ4n) is 2.31. The second-order valence-corrected chi connectivity index (χ2v) is 7.05. The van der Waals surface area contributed by atoms with E-state index in [1.54, 1.807) is 6.07 Å². The molecule has 2 rings (SSSR count). The summed E-state index contributed by atoms with van der Waals surface area (Å²) in [5.74, 6) is -1.12. The molecule has 6 nitrogen and oxygen atoms in total. The SMILES string of the molecule is Cc1ccc(NC(=O)NC(=O)COC(=O)CSc2ccccc2C)c(C)c1. The molecule has 0 spiro atoms. The van der Waals surface area contributed by atoms with Crippen molar-refractivity contribution in [1.29, 1.82) is 0 Å². The number of anilines is 1. The van der Waals surface area contributed by atoms with Crippen molar-refractivity contribution in [3.05, 3.63) is 59.2 Å². The van der Waals surface area contributed by atoms with E-state index in [0.717, 1.165) is 21.6 Å². The maximum absolute atomic E-state index is 11.9. The van der Waals surface area contributed by atoms with Crippen molar-refractivity contribution in [2.45, 2.75) is 25.7 Å². The molecule has 2 N–H and O–H groups in total. The summed E-state index contributed by atoms with van der Waals surface area (Å²) in [5, 5.41) is 4.73. The molecule has 7 heteroatoms. The van der Waals surface area contributed by atoms with Gasteiger partial charge in [0.1, 0.15) is 0 Å². The highest BCUT2D eigenvalue weighted by Gasteiger charge is 2.12. The van der Waals surface area contributed by atoms with Gasteiger partial charge in [-0.1, -0.05) is 35.9 Å². The van der Waals surface area contributed by atoms with Crippen molar-refractivity contribution in [2.75, 3.05) is 17.7 Å². The smallest absolute Gasteiger partial charge is 0.325 e. The van der Waals surface area contributed by atoms with Crippen LogP contribution in [0.25, 0.3) is 0 Å². The molecule has 142 valence electrons. The van der Waals surface area contributed by atoms with E-state index >= 15 is 0 Å². The summed E-state index contributed by atoms with van der Waals surface area (Å²) in [4.78, 5) is 36.4. The first-order valence-corrected chi connectivity index (χ1v) is 9.36. The maximum Gasteiger partial charge on any atom is 0.325 e. The molecule has 0 saturated carbocycles. The van der Waals surface area contributed by atoms with Crippen LogP contribution in [-0.4, -0.2) is 30.3 Å². The molecule has 27 heavy (non-hydrogen) atoms. The fraction of sp³-hybridized carbons (Fsp3) is 0.250. The zero-order valence-corrected chi connectivity index (χ0v) is 16.3. The van der Waals surface area contributed by atoms with Crippen molar-refractivity contribution in [3.63, 3.8) is 0 Å². The van der Waals surface area contributed by atoms with E-state index < -0.39 is 24.5 Å². The van der Waals surface area contributed by atoms with Crippen LogP contribution in [0.1, 0.15) is 16.7 Å². The van der Waals surface area contributed by atoms with Gasteiger partial charge in [-0.05, 0) is 44.0 Å². The summed E-state index contributed by atoms with van der Waals surface area (Å²) in [6.45, 7) is 5.26. The molecule has 3 amide bonds. The fourth-order valence-corrected chi connectivity index (χ4v) is 3.14. The molecule has 0 saturated heterocycles. The number of imide groups is 1. The highest BCUT2D eigenvalue weighted by atomic mass is 32.2. The predicted octanol–water partition coefficient (Wildman–Crippen LogP) is 3.60. The zero-order valence-electron chi connectivity index (χ0n) is 15.5. The lowest BCUT2D eigenvalue weighted by molar-refractivity contribution is -0.145. The van der Waals surface area contributed by atoms with E-state index in [0.29, 0.717) is 5.69 Å². The minimum absolute atomic E-state index is 0.0902. The molecule has 2 aromatic carbocycles. The van der Waals surface area contributed by atoms with Gasteiger partial charge in [0.15, 0.2) is 6.61 Å². The van der Waals surface area contributed by atoms with Gasteiger partial charge in [0.2, 0.25) is 0 Å². The van der Waals surface area contributed by atoms with Gasteiger partial charge < -0.3 is 10.1 Å². The highest BCUT2D eigenvalue weighted by Crippen LogP contribution is 2.21. The Morgan fingerprint density at radius 1 is 1.00 bits per heavy atom. The van der Waals surface area contributed by atoms with Crippen molar-refractivity contribution in [2.24, 2.45) is 0 Å². The first-order chi connectivity index (χ1) is 12.8. The third-order valence-corrected chi connectivity index (χ3v) is 4.84. The number of nitrogens with one attached hydrogen (secondary N) is 2. The largest absolute Gasteiger partial charge is 0.455 e. The van der Waals surface area contributed by atoms with Gasteiger partial charge >= 0.3 is 12.0 Å². The molecule has 0 radical (unpaired) electrons. The quantitative estimate of drug-likeness (QED) is 0.585. The van der Waals surface area contributed by atoms with E-state index in [1.807, 2.05) is 57.2 Å².